The molecular formula is C16H24N2O3. The Bertz CT molecular complexity index is 527. The molecule has 1 aliphatic rings. The lowest BCUT2D eigenvalue weighted by molar-refractivity contribution is -0.00547. The third-order valence-electron chi connectivity index (χ3n) is 3.57. The van der Waals surface area contributed by atoms with Crippen molar-refractivity contribution in [3.05, 3.63) is 23.4 Å². The summed E-state index contributed by atoms with van der Waals surface area (Å²) in [6, 6.07) is 3.32. The van der Waals surface area contributed by atoms with Gasteiger partial charge in [-0.25, -0.2) is 9.78 Å². The van der Waals surface area contributed by atoms with Crippen molar-refractivity contribution >= 4 is 11.8 Å². The van der Waals surface area contributed by atoms with Gasteiger partial charge in [0.15, 0.2) is 0 Å². The van der Waals surface area contributed by atoms with Crippen LogP contribution in [0.15, 0.2) is 12.1 Å². The third kappa shape index (κ3) is 3.73. The van der Waals surface area contributed by atoms with Crippen molar-refractivity contribution in [1.29, 1.82) is 0 Å². The molecule has 2 heterocycles. The molecule has 2 rings (SSSR count). The van der Waals surface area contributed by atoms with E-state index in [9.17, 15) is 9.90 Å². The number of nitrogens with zero attached hydrogens (tertiary/aromatic N) is 2. The van der Waals surface area contributed by atoms with Crippen molar-refractivity contribution in [3.8, 4) is 0 Å². The number of aromatic nitrogens is 1. The van der Waals surface area contributed by atoms with E-state index in [1.807, 2.05) is 34.6 Å². The molecule has 0 amide bonds. The van der Waals surface area contributed by atoms with Gasteiger partial charge in [0.05, 0.1) is 17.8 Å². The summed E-state index contributed by atoms with van der Waals surface area (Å²) in [7, 11) is 0. The molecule has 1 aromatic rings. The molecule has 116 valence electrons. The molecule has 1 saturated heterocycles. The first kappa shape index (κ1) is 15.8. The maximum atomic E-state index is 11.4. The summed E-state index contributed by atoms with van der Waals surface area (Å²) >= 11 is 0. The van der Waals surface area contributed by atoms with E-state index in [4.69, 9.17) is 4.74 Å². The summed E-state index contributed by atoms with van der Waals surface area (Å²) in [4.78, 5) is 18.2. The van der Waals surface area contributed by atoms with Gasteiger partial charge >= 0.3 is 5.97 Å². The predicted octanol–water partition coefficient (Wildman–Crippen LogP) is 2.69. The number of pyridine rings is 1. The van der Waals surface area contributed by atoms with Crippen molar-refractivity contribution in [2.24, 2.45) is 0 Å². The Balaban J connectivity index is 2.42. The van der Waals surface area contributed by atoms with Crippen molar-refractivity contribution < 1.29 is 14.6 Å². The second-order valence-electron chi connectivity index (χ2n) is 6.82. The molecular weight excluding hydrogens is 268 g/mol. The fraction of sp³-hybridized carbons (Fsp3) is 0.625. The van der Waals surface area contributed by atoms with Crippen molar-refractivity contribution in [2.45, 2.75) is 52.2 Å². The second kappa shape index (κ2) is 5.64. The van der Waals surface area contributed by atoms with Gasteiger partial charge in [-0.15, -0.1) is 0 Å². The minimum Gasteiger partial charge on any atom is -0.478 e. The predicted molar refractivity (Wildman–Crippen MR) is 82.1 cm³/mol. The van der Waals surface area contributed by atoms with Crippen LogP contribution in [0.2, 0.25) is 0 Å². The number of rotatable bonds is 2. The van der Waals surface area contributed by atoms with Crippen molar-refractivity contribution in [1.82, 2.24) is 4.98 Å². The zero-order chi connectivity index (χ0) is 15.8. The number of ether oxygens (including phenoxy) is 1. The largest absolute Gasteiger partial charge is 0.478 e. The molecule has 0 bridgehead atoms. The van der Waals surface area contributed by atoms with Gasteiger partial charge in [-0.3, -0.25) is 0 Å². The molecule has 1 fully saturated rings. The van der Waals surface area contributed by atoms with Gasteiger partial charge < -0.3 is 14.7 Å². The topological polar surface area (TPSA) is 62.7 Å². The molecule has 0 spiro atoms. The summed E-state index contributed by atoms with van der Waals surface area (Å²) in [5.41, 5.74) is 0.893. The standard InChI is InChI=1S/C16H24N2O3/c1-10-8-18(9-11(2)21-10)14-7-12(15(19)20)6-13(17-14)16(3,4)5/h6-7,10-11H,8-9H2,1-5H3,(H,19,20)/t10-,11+. The molecule has 0 aliphatic carbocycles. The van der Waals surface area contributed by atoms with Gasteiger partial charge in [-0.05, 0) is 26.0 Å². The fourth-order valence-corrected chi connectivity index (χ4v) is 2.55. The lowest BCUT2D eigenvalue weighted by Crippen LogP contribution is -2.46. The molecule has 5 nitrogen and oxygen atoms in total. The highest BCUT2D eigenvalue weighted by atomic mass is 16.5. The molecule has 21 heavy (non-hydrogen) atoms. The van der Waals surface area contributed by atoms with E-state index in [0.29, 0.717) is 0 Å². The monoisotopic (exact) mass is 292 g/mol. The van der Waals surface area contributed by atoms with Crippen molar-refractivity contribution in [3.63, 3.8) is 0 Å². The molecule has 0 aromatic carbocycles. The minimum absolute atomic E-state index is 0.113. The van der Waals surface area contributed by atoms with Gasteiger partial charge in [0.1, 0.15) is 5.82 Å². The van der Waals surface area contributed by atoms with Gasteiger partial charge in [-0.1, -0.05) is 20.8 Å². The van der Waals surface area contributed by atoms with Crippen LogP contribution in [-0.4, -0.2) is 41.4 Å². The van der Waals surface area contributed by atoms with Gasteiger partial charge in [-0.2, -0.15) is 0 Å². The molecule has 1 N–H and O–H groups in total. The highest BCUT2D eigenvalue weighted by molar-refractivity contribution is 5.88. The lowest BCUT2D eigenvalue weighted by Gasteiger charge is -2.36. The van der Waals surface area contributed by atoms with E-state index < -0.39 is 5.97 Å². The fourth-order valence-electron chi connectivity index (χ4n) is 2.55. The number of carbonyl (C=O) groups is 1. The zero-order valence-electron chi connectivity index (χ0n) is 13.4. The number of morpholine rings is 1. The smallest absolute Gasteiger partial charge is 0.335 e. The van der Waals surface area contributed by atoms with E-state index in [0.717, 1.165) is 24.6 Å². The van der Waals surface area contributed by atoms with Crippen LogP contribution in [0.25, 0.3) is 0 Å². The Morgan fingerprint density at radius 1 is 1.29 bits per heavy atom. The Kier molecular flexibility index (Phi) is 4.23. The first-order valence-electron chi connectivity index (χ1n) is 7.33. The molecule has 0 unspecified atom stereocenters. The van der Waals surface area contributed by atoms with Crippen LogP contribution in [0.4, 0.5) is 5.82 Å². The zero-order valence-corrected chi connectivity index (χ0v) is 13.4. The molecule has 2 atom stereocenters. The van der Waals surface area contributed by atoms with Crippen LogP contribution in [0.5, 0.6) is 0 Å². The first-order chi connectivity index (χ1) is 9.66. The highest BCUT2D eigenvalue weighted by Gasteiger charge is 2.26. The van der Waals surface area contributed by atoms with E-state index in [-0.39, 0.29) is 23.2 Å². The van der Waals surface area contributed by atoms with Gasteiger partial charge in [0.25, 0.3) is 0 Å². The summed E-state index contributed by atoms with van der Waals surface area (Å²) < 4.78 is 5.73. The van der Waals surface area contributed by atoms with E-state index in [2.05, 4.69) is 9.88 Å². The Morgan fingerprint density at radius 2 is 1.86 bits per heavy atom. The SMILES string of the molecule is C[C@@H]1CN(c2cc(C(=O)O)cc(C(C)(C)C)n2)C[C@H](C)O1. The normalized spacial score (nSPS) is 23.2. The quantitative estimate of drug-likeness (QED) is 0.908. The van der Waals surface area contributed by atoms with Crippen LogP contribution < -0.4 is 4.90 Å². The molecule has 1 aliphatic heterocycles. The molecule has 5 heteroatoms. The molecule has 0 radical (unpaired) electrons. The summed E-state index contributed by atoms with van der Waals surface area (Å²) in [6.45, 7) is 11.6. The third-order valence-corrected chi connectivity index (χ3v) is 3.57. The number of aromatic carboxylic acids is 1. The molecule has 0 saturated carbocycles. The van der Waals surface area contributed by atoms with Crippen LogP contribution in [0.1, 0.15) is 50.7 Å². The first-order valence-corrected chi connectivity index (χ1v) is 7.33. The Labute approximate surface area is 125 Å². The van der Waals surface area contributed by atoms with Crippen LogP contribution in [-0.2, 0) is 10.2 Å². The Morgan fingerprint density at radius 3 is 2.33 bits per heavy atom. The summed E-state index contributed by atoms with van der Waals surface area (Å²) in [5.74, 6) is -0.194. The number of hydrogen-bond acceptors (Lipinski definition) is 4. The van der Waals surface area contributed by atoms with E-state index >= 15 is 0 Å². The average molecular weight is 292 g/mol. The molecule has 1 aromatic heterocycles. The second-order valence-corrected chi connectivity index (χ2v) is 6.82. The van der Waals surface area contributed by atoms with Crippen LogP contribution in [0, 0.1) is 0 Å². The van der Waals surface area contributed by atoms with E-state index in [1.54, 1.807) is 12.1 Å². The average Bonchev–Trinajstić information content (AvgIpc) is 2.36. The lowest BCUT2D eigenvalue weighted by atomic mass is 9.90. The number of hydrogen-bond donors (Lipinski definition) is 1. The minimum atomic E-state index is -0.918. The number of anilines is 1. The van der Waals surface area contributed by atoms with Gasteiger partial charge in [0.2, 0.25) is 0 Å². The highest BCUT2D eigenvalue weighted by Crippen LogP contribution is 2.26. The maximum Gasteiger partial charge on any atom is 0.335 e. The Hall–Kier alpha value is -1.62. The summed E-state index contributed by atoms with van der Waals surface area (Å²) in [6.07, 6.45) is 0.226. The van der Waals surface area contributed by atoms with E-state index in [1.165, 1.54) is 0 Å². The van der Waals surface area contributed by atoms with Crippen molar-refractivity contribution in [2.75, 3.05) is 18.0 Å². The number of carboxylic acid groups (broad SMARTS) is 1. The summed E-state index contributed by atoms with van der Waals surface area (Å²) in [5, 5.41) is 9.33. The maximum absolute atomic E-state index is 11.4. The van der Waals surface area contributed by atoms with Gasteiger partial charge in [0, 0.05) is 24.2 Å². The van der Waals surface area contributed by atoms with Crippen LogP contribution >= 0.6 is 0 Å². The number of carboxylic acids is 1. The van der Waals surface area contributed by atoms with Crippen LogP contribution in [0.3, 0.4) is 0 Å².